The Balaban J connectivity index is 2.77. The van der Waals surface area contributed by atoms with E-state index >= 15 is 0 Å². The van der Waals surface area contributed by atoms with Gasteiger partial charge in [0, 0.05) is 10.9 Å². The van der Waals surface area contributed by atoms with E-state index in [0.29, 0.717) is 10.5 Å². The van der Waals surface area contributed by atoms with Gasteiger partial charge in [-0.2, -0.15) is 0 Å². The molecule has 0 radical (unpaired) electrons. The first-order valence-electron chi connectivity index (χ1n) is 4.67. The second kappa shape index (κ2) is 5.54. The third-order valence-corrected chi connectivity index (χ3v) is 5.15. The predicted octanol–water partition coefficient (Wildman–Crippen LogP) is 4.04. The summed E-state index contributed by atoms with van der Waals surface area (Å²) in [5.41, 5.74) is 6.00. The van der Waals surface area contributed by atoms with E-state index in [9.17, 15) is 0 Å². The zero-order valence-electron chi connectivity index (χ0n) is 8.66. The smallest absolute Gasteiger partial charge is 0.0701 e. The van der Waals surface area contributed by atoms with Crippen molar-refractivity contribution in [2.24, 2.45) is 5.73 Å². The van der Waals surface area contributed by atoms with Crippen LogP contribution in [0, 0.1) is 0 Å². The van der Waals surface area contributed by atoms with Crippen LogP contribution in [-0.4, -0.2) is 11.3 Å². The van der Waals surface area contributed by atoms with E-state index < -0.39 is 0 Å². The highest BCUT2D eigenvalue weighted by molar-refractivity contribution is 9.11. The van der Waals surface area contributed by atoms with Crippen LogP contribution in [-0.2, 0) is 0 Å². The van der Waals surface area contributed by atoms with Gasteiger partial charge in [0.15, 0.2) is 0 Å². The first-order valence-corrected chi connectivity index (χ1v) is 7.22. The minimum Gasteiger partial charge on any atom is -0.327 e. The lowest BCUT2D eigenvalue weighted by Gasteiger charge is -2.20. The van der Waals surface area contributed by atoms with Crippen LogP contribution in [0.2, 0.25) is 0 Å². The van der Waals surface area contributed by atoms with Crippen molar-refractivity contribution in [2.75, 3.05) is 0 Å². The normalized spacial score (nSPS) is 15.9. The highest BCUT2D eigenvalue weighted by Crippen LogP contribution is 2.39. The molecule has 0 bridgehead atoms. The molecule has 2 N–H and O–H groups in total. The lowest BCUT2D eigenvalue weighted by atomic mass is 10.2. The molecule has 1 aromatic heterocycles. The average molecular weight is 294 g/mol. The SMILES string of the molecule is CC(C)SC(c1ccc(Br)s1)C(C)N. The Labute approximate surface area is 103 Å². The Kier molecular flexibility index (Phi) is 4.97. The summed E-state index contributed by atoms with van der Waals surface area (Å²) in [5, 5.41) is 1.04. The van der Waals surface area contributed by atoms with Crippen molar-refractivity contribution in [3.8, 4) is 0 Å². The Morgan fingerprint density at radius 3 is 2.36 bits per heavy atom. The van der Waals surface area contributed by atoms with Crippen LogP contribution in [0.3, 0.4) is 0 Å². The largest absolute Gasteiger partial charge is 0.327 e. The molecule has 0 aliphatic rings. The molecule has 0 saturated heterocycles. The maximum atomic E-state index is 6.00. The second-order valence-electron chi connectivity index (χ2n) is 3.61. The Morgan fingerprint density at radius 1 is 1.36 bits per heavy atom. The molecular weight excluding hydrogens is 278 g/mol. The summed E-state index contributed by atoms with van der Waals surface area (Å²) in [7, 11) is 0. The summed E-state index contributed by atoms with van der Waals surface area (Å²) in [6.07, 6.45) is 0. The van der Waals surface area contributed by atoms with Crippen molar-refractivity contribution in [1.29, 1.82) is 0 Å². The molecule has 0 aromatic carbocycles. The lowest BCUT2D eigenvalue weighted by molar-refractivity contribution is 0.727. The fourth-order valence-corrected chi connectivity index (χ4v) is 4.10. The molecule has 0 amide bonds. The number of rotatable bonds is 4. The van der Waals surface area contributed by atoms with Gasteiger partial charge in [0.1, 0.15) is 0 Å². The molecule has 1 heterocycles. The molecule has 4 heteroatoms. The monoisotopic (exact) mass is 293 g/mol. The summed E-state index contributed by atoms with van der Waals surface area (Å²) < 4.78 is 1.18. The molecule has 1 aromatic rings. The molecule has 1 nitrogen and oxygen atoms in total. The molecule has 0 fully saturated rings. The van der Waals surface area contributed by atoms with Crippen molar-refractivity contribution in [1.82, 2.24) is 0 Å². The maximum Gasteiger partial charge on any atom is 0.0701 e. The molecular formula is C10H16BrNS2. The van der Waals surface area contributed by atoms with Gasteiger partial charge in [0.25, 0.3) is 0 Å². The Bertz CT molecular complexity index is 283. The van der Waals surface area contributed by atoms with Crippen molar-refractivity contribution >= 4 is 39.0 Å². The van der Waals surface area contributed by atoms with Gasteiger partial charge < -0.3 is 5.73 Å². The zero-order valence-corrected chi connectivity index (χ0v) is 11.9. The first-order chi connectivity index (χ1) is 6.50. The summed E-state index contributed by atoms with van der Waals surface area (Å²) in [6.45, 7) is 6.50. The Hall–Kier alpha value is 0.490. The molecule has 0 aliphatic carbocycles. The van der Waals surface area contributed by atoms with E-state index in [4.69, 9.17) is 5.73 Å². The molecule has 14 heavy (non-hydrogen) atoms. The van der Waals surface area contributed by atoms with Gasteiger partial charge in [-0.15, -0.1) is 23.1 Å². The minimum atomic E-state index is 0.202. The van der Waals surface area contributed by atoms with Gasteiger partial charge in [0.2, 0.25) is 0 Å². The van der Waals surface area contributed by atoms with Gasteiger partial charge in [-0.05, 0) is 40.2 Å². The molecule has 0 saturated carbocycles. The highest BCUT2D eigenvalue weighted by atomic mass is 79.9. The van der Waals surface area contributed by atoms with Gasteiger partial charge in [0.05, 0.1) is 9.04 Å². The van der Waals surface area contributed by atoms with Gasteiger partial charge >= 0.3 is 0 Å². The standard InChI is InChI=1S/C10H16BrNS2/c1-6(2)13-10(7(3)12)8-4-5-9(11)14-8/h4-7,10H,12H2,1-3H3. The molecule has 0 aliphatic heterocycles. The molecule has 1 rings (SSSR count). The van der Waals surface area contributed by atoms with E-state index in [-0.39, 0.29) is 6.04 Å². The van der Waals surface area contributed by atoms with Crippen LogP contribution in [0.4, 0.5) is 0 Å². The van der Waals surface area contributed by atoms with Crippen molar-refractivity contribution in [2.45, 2.75) is 37.3 Å². The topological polar surface area (TPSA) is 26.0 Å². The number of halogens is 1. The first kappa shape index (κ1) is 12.6. The van der Waals surface area contributed by atoms with Crippen LogP contribution < -0.4 is 5.73 Å². The van der Waals surface area contributed by atoms with Gasteiger partial charge in [-0.25, -0.2) is 0 Å². The number of thioether (sulfide) groups is 1. The quantitative estimate of drug-likeness (QED) is 0.907. The summed E-state index contributed by atoms with van der Waals surface area (Å²) in [6, 6.07) is 4.46. The zero-order chi connectivity index (χ0) is 10.7. The molecule has 2 atom stereocenters. The maximum absolute atomic E-state index is 6.00. The summed E-state index contributed by atoms with van der Waals surface area (Å²) in [4.78, 5) is 1.37. The van der Waals surface area contributed by atoms with E-state index in [1.165, 1.54) is 8.66 Å². The summed E-state index contributed by atoms with van der Waals surface area (Å²) in [5.74, 6) is 0. The molecule has 0 spiro atoms. The van der Waals surface area contributed by atoms with Crippen LogP contribution in [0.5, 0.6) is 0 Å². The third kappa shape index (κ3) is 3.57. The molecule has 80 valence electrons. The van der Waals surface area contributed by atoms with Crippen molar-refractivity contribution in [3.63, 3.8) is 0 Å². The van der Waals surface area contributed by atoms with Crippen LogP contribution >= 0.6 is 39.0 Å². The van der Waals surface area contributed by atoms with Gasteiger partial charge in [-0.3, -0.25) is 0 Å². The number of hydrogen-bond donors (Lipinski definition) is 1. The number of hydrogen-bond acceptors (Lipinski definition) is 3. The Morgan fingerprint density at radius 2 is 2.00 bits per heavy atom. The van der Waals surface area contributed by atoms with E-state index in [0.717, 1.165) is 0 Å². The van der Waals surface area contributed by atoms with E-state index in [1.807, 2.05) is 11.8 Å². The van der Waals surface area contributed by atoms with Crippen molar-refractivity contribution < 1.29 is 0 Å². The van der Waals surface area contributed by atoms with Crippen LogP contribution in [0.15, 0.2) is 15.9 Å². The van der Waals surface area contributed by atoms with Gasteiger partial charge in [-0.1, -0.05) is 13.8 Å². The average Bonchev–Trinajstić information content (AvgIpc) is 2.46. The van der Waals surface area contributed by atoms with E-state index in [1.54, 1.807) is 11.3 Å². The number of thiophene rings is 1. The minimum absolute atomic E-state index is 0.202. The fraction of sp³-hybridized carbons (Fsp3) is 0.600. The predicted molar refractivity (Wildman–Crippen MR) is 71.1 cm³/mol. The summed E-state index contributed by atoms with van der Waals surface area (Å²) >= 11 is 7.20. The fourth-order valence-electron chi connectivity index (χ4n) is 1.22. The number of nitrogens with two attached hydrogens (primary N) is 1. The van der Waals surface area contributed by atoms with Crippen molar-refractivity contribution in [3.05, 3.63) is 20.8 Å². The van der Waals surface area contributed by atoms with E-state index in [2.05, 4.69) is 48.8 Å². The highest BCUT2D eigenvalue weighted by Gasteiger charge is 2.19. The second-order valence-corrected chi connectivity index (χ2v) is 7.82. The third-order valence-electron chi connectivity index (χ3n) is 1.77. The molecule has 2 unspecified atom stereocenters. The lowest BCUT2D eigenvalue weighted by Crippen LogP contribution is -2.23. The van der Waals surface area contributed by atoms with Crippen LogP contribution in [0.25, 0.3) is 0 Å². The van der Waals surface area contributed by atoms with Crippen LogP contribution in [0.1, 0.15) is 30.9 Å².